The summed E-state index contributed by atoms with van der Waals surface area (Å²) in [6, 6.07) is 22.8. The maximum Gasteiger partial charge on any atom is 0.323 e. The lowest BCUT2D eigenvalue weighted by Gasteiger charge is -2.35. The predicted molar refractivity (Wildman–Crippen MR) is 282 cm³/mol. The molecular weight excluding hydrogens is 934 g/mol. The molecule has 0 saturated carbocycles. The highest BCUT2D eigenvalue weighted by Gasteiger charge is 2.44. The highest BCUT2D eigenvalue weighted by molar-refractivity contribution is 7.13. The molecule has 7 N–H and O–H groups in total. The number of nitrogens with one attached hydrogen (secondary N) is 4. The van der Waals surface area contributed by atoms with Gasteiger partial charge < -0.3 is 37.0 Å². The number of aliphatic hydroxyl groups is 1. The van der Waals surface area contributed by atoms with Crippen molar-refractivity contribution in [1.29, 1.82) is 0 Å². The Bertz CT molecular complexity index is 2880. The molecule has 1 saturated heterocycles. The van der Waals surface area contributed by atoms with Crippen molar-refractivity contribution in [2.24, 2.45) is 5.41 Å². The highest BCUT2D eigenvalue weighted by atomic mass is 32.1. The number of aryl methyl sites for hydroxylation is 2. The molecule has 7 rings (SSSR count). The minimum Gasteiger partial charge on any atom is -0.391 e. The summed E-state index contributed by atoms with van der Waals surface area (Å²) in [7, 11) is 0. The Labute approximate surface area is 424 Å². The molecule has 1 aliphatic rings. The molecule has 3 atom stereocenters. The van der Waals surface area contributed by atoms with Crippen LogP contribution in [0.25, 0.3) is 32.5 Å². The standard InChI is InChI=1S/C55H66FN9O6S/c1-34-19-28-42(56)43(29-34)61-54(71)60-39-26-24-37(25-27-39)41-15-14-16-44-48(41)51(57)63-65(44)47(68)18-13-11-9-7-6-8-10-12-17-46(67)62-50(55(3,4)5)53(70)64-32-40(66)30-45(64)52(69)58-31-36-20-22-38(23-21-36)49-35(2)59-33-72-49/h14-16,19-29,33,40,45,50,66H,6-13,17-18,30-32H2,1-5H3,(H2,57,63)(H,58,69)(H,62,67)(H2,60,61,71)/t40-,45+,50-/m1/s1. The molecule has 4 aromatic carbocycles. The lowest BCUT2D eigenvalue weighted by molar-refractivity contribution is -0.144. The van der Waals surface area contributed by atoms with Gasteiger partial charge in [0, 0.05) is 38.0 Å². The molecule has 0 aliphatic carbocycles. The van der Waals surface area contributed by atoms with Crippen LogP contribution in [0.2, 0.25) is 0 Å². The number of hydrogen-bond donors (Lipinski definition) is 6. The van der Waals surface area contributed by atoms with Crippen LogP contribution in [0.3, 0.4) is 0 Å². The second kappa shape index (κ2) is 24.0. The van der Waals surface area contributed by atoms with Crippen LogP contribution >= 0.6 is 11.3 Å². The van der Waals surface area contributed by atoms with E-state index in [-0.39, 0.29) is 61.1 Å². The number of nitrogen functional groups attached to an aromatic ring is 1. The first-order chi connectivity index (χ1) is 34.5. The van der Waals surface area contributed by atoms with Gasteiger partial charge >= 0.3 is 6.03 Å². The van der Waals surface area contributed by atoms with Crippen LogP contribution in [0.15, 0.2) is 90.4 Å². The molecule has 0 bridgehead atoms. The van der Waals surface area contributed by atoms with Crippen molar-refractivity contribution in [2.75, 3.05) is 22.9 Å². The van der Waals surface area contributed by atoms with E-state index in [1.807, 2.05) is 94.7 Å². The number of nitrogens with zero attached hydrogens (tertiary/aromatic N) is 4. The van der Waals surface area contributed by atoms with Gasteiger partial charge in [0.25, 0.3) is 0 Å². The number of hydrogen-bond acceptors (Lipinski definition) is 10. The number of nitrogens with two attached hydrogens (primary N) is 1. The monoisotopic (exact) mass is 999 g/mol. The third-order valence-corrected chi connectivity index (χ3v) is 14.0. The van der Waals surface area contributed by atoms with Crippen LogP contribution in [0.4, 0.5) is 26.4 Å². The van der Waals surface area contributed by atoms with Crippen molar-refractivity contribution in [3.63, 3.8) is 0 Å². The van der Waals surface area contributed by atoms with Gasteiger partial charge in [0.15, 0.2) is 5.82 Å². The minimum atomic E-state index is -0.877. The van der Waals surface area contributed by atoms with E-state index in [2.05, 4.69) is 31.3 Å². The van der Waals surface area contributed by atoms with E-state index in [1.54, 1.807) is 35.6 Å². The first kappa shape index (κ1) is 52.8. The van der Waals surface area contributed by atoms with Crippen LogP contribution in [-0.4, -0.2) is 79.2 Å². The maximum atomic E-state index is 14.1. The van der Waals surface area contributed by atoms with Crippen molar-refractivity contribution in [3.05, 3.63) is 113 Å². The van der Waals surface area contributed by atoms with Crippen molar-refractivity contribution in [3.8, 4) is 21.6 Å². The average Bonchev–Trinajstić information content (AvgIpc) is 4.07. The molecule has 0 unspecified atom stereocenters. The van der Waals surface area contributed by atoms with Crippen molar-refractivity contribution in [1.82, 2.24) is 30.3 Å². The largest absolute Gasteiger partial charge is 0.391 e. The molecule has 0 spiro atoms. The number of carbonyl (C=O) groups is 5. The number of carbonyl (C=O) groups excluding carboxylic acids is 5. The SMILES string of the molecule is Cc1ccc(F)c(NC(=O)Nc2ccc(-c3cccc4c3c(N)nn4C(=O)CCCCCCCCCCC(=O)N[C@H](C(=O)N3C[C@H](O)C[C@H]3C(=O)NCc3ccc(-c4scnc4C)cc3)C(C)(C)C)cc2)c1. The zero-order valence-electron chi connectivity index (χ0n) is 41.7. The second-order valence-electron chi connectivity index (χ2n) is 19.8. The fourth-order valence-corrected chi connectivity index (χ4v) is 9.93. The molecule has 6 aromatic rings. The summed E-state index contributed by atoms with van der Waals surface area (Å²) in [5.74, 6) is -1.38. The summed E-state index contributed by atoms with van der Waals surface area (Å²) in [5, 5.41) is 26.8. The number of unbranched alkanes of at least 4 members (excludes halogenated alkanes) is 7. The zero-order chi connectivity index (χ0) is 51.5. The van der Waals surface area contributed by atoms with Gasteiger partial charge in [0.1, 0.15) is 17.9 Å². The van der Waals surface area contributed by atoms with Gasteiger partial charge in [-0.3, -0.25) is 19.2 Å². The fourth-order valence-electron chi connectivity index (χ4n) is 9.12. The summed E-state index contributed by atoms with van der Waals surface area (Å²) in [6.07, 6.45) is 6.90. The van der Waals surface area contributed by atoms with Gasteiger partial charge in [-0.25, -0.2) is 14.2 Å². The molecule has 380 valence electrons. The van der Waals surface area contributed by atoms with Gasteiger partial charge in [-0.1, -0.05) is 114 Å². The third kappa shape index (κ3) is 13.5. The van der Waals surface area contributed by atoms with Gasteiger partial charge in [0.2, 0.25) is 23.6 Å². The van der Waals surface area contributed by atoms with E-state index in [0.717, 1.165) is 76.9 Å². The summed E-state index contributed by atoms with van der Waals surface area (Å²) in [6.45, 7) is 9.70. The highest BCUT2D eigenvalue weighted by Crippen LogP contribution is 2.34. The number of fused-ring (bicyclic) bond motifs is 1. The van der Waals surface area contributed by atoms with Gasteiger partial charge in [-0.2, -0.15) is 4.68 Å². The molecule has 2 aromatic heterocycles. The van der Waals surface area contributed by atoms with E-state index in [9.17, 15) is 33.5 Å². The van der Waals surface area contributed by atoms with Crippen LogP contribution in [-0.2, 0) is 20.9 Å². The van der Waals surface area contributed by atoms with Gasteiger partial charge in [-0.15, -0.1) is 16.4 Å². The Morgan fingerprint density at radius 3 is 2.18 bits per heavy atom. The lowest BCUT2D eigenvalue weighted by Crippen LogP contribution is -2.57. The molecule has 5 amide bonds. The second-order valence-corrected chi connectivity index (χ2v) is 20.7. The molecule has 0 radical (unpaired) electrons. The molecule has 1 aliphatic heterocycles. The number of β-amino-alcohol motifs (C(OH)–C–C–N with tert-alkyl or cyclic N) is 1. The van der Waals surface area contributed by atoms with Crippen molar-refractivity contribution in [2.45, 2.75) is 130 Å². The molecular formula is C55H66FN9O6S. The van der Waals surface area contributed by atoms with Gasteiger partial charge in [-0.05, 0) is 90.3 Å². The normalized spacial score (nSPS) is 15.1. The van der Waals surface area contributed by atoms with E-state index >= 15 is 0 Å². The number of halogens is 1. The van der Waals surface area contributed by atoms with Crippen molar-refractivity contribution < 1.29 is 33.5 Å². The number of amides is 5. The number of aliphatic hydroxyl groups excluding tert-OH is 1. The lowest BCUT2D eigenvalue weighted by atomic mass is 9.85. The Hall–Kier alpha value is -6.98. The fraction of sp³-hybridized carbons (Fsp3) is 0.400. The number of thiazole rings is 1. The first-order valence-electron chi connectivity index (χ1n) is 24.8. The summed E-state index contributed by atoms with van der Waals surface area (Å²) >= 11 is 1.58. The minimum absolute atomic E-state index is 0.0141. The topological polar surface area (TPSA) is 214 Å². The Kier molecular flexibility index (Phi) is 17.6. The zero-order valence-corrected chi connectivity index (χ0v) is 42.5. The summed E-state index contributed by atoms with van der Waals surface area (Å²) in [5.41, 5.74) is 14.1. The maximum absolute atomic E-state index is 14.1. The molecule has 3 heterocycles. The third-order valence-electron chi connectivity index (χ3n) is 13.1. The number of anilines is 3. The van der Waals surface area contributed by atoms with Crippen LogP contribution in [0, 0.1) is 25.1 Å². The van der Waals surface area contributed by atoms with Crippen LogP contribution < -0.4 is 27.0 Å². The quantitative estimate of drug-likeness (QED) is 0.0401. The predicted octanol–water partition coefficient (Wildman–Crippen LogP) is 10.2. The van der Waals surface area contributed by atoms with E-state index in [1.165, 1.54) is 15.6 Å². The smallest absolute Gasteiger partial charge is 0.323 e. The Morgan fingerprint density at radius 2 is 1.51 bits per heavy atom. The number of aromatic nitrogens is 3. The molecule has 17 heteroatoms. The number of benzene rings is 4. The average molecular weight is 1000 g/mol. The van der Waals surface area contributed by atoms with E-state index in [4.69, 9.17) is 5.73 Å². The van der Waals surface area contributed by atoms with Crippen LogP contribution in [0.5, 0.6) is 0 Å². The Morgan fingerprint density at radius 1 is 0.847 bits per heavy atom. The number of rotatable bonds is 20. The van der Waals surface area contributed by atoms with Crippen LogP contribution in [0.1, 0.15) is 113 Å². The number of likely N-dealkylation sites (tertiary alicyclic amines) is 1. The Balaban J connectivity index is 0.796. The molecule has 15 nitrogen and oxygen atoms in total. The molecule has 72 heavy (non-hydrogen) atoms. The summed E-state index contributed by atoms with van der Waals surface area (Å²) < 4.78 is 15.5. The summed E-state index contributed by atoms with van der Waals surface area (Å²) in [4.78, 5) is 73.5. The van der Waals surface area contributed by atoms with Crippen molar-refractivity contribution >= 4 is 69.1 Å². The number of urea groups is 1. The van der Waals surface area contributed by atoms with E-state index in [0.29, 0.717) is 35.9 Å². The van der Waals surface area contributed by atoms with Gasteiger partial charge in [0.05, 0.1) is 38.8 Å². The molecule has 1 fully saturated rings. The van der Waals surface area contributed by atoms with E-state index < -0.39 is 35.5 Å². The first-order valence-corrected chi connectivity index (χ1v) is 25.6.